The maximum Gasteiger partial charge on any atom is 0.171 e. The number of nitrogens with two attached hydrogens (primary N) is 1. The zero-order chi connectivity index (χ0) is 11.8. The molecule has 1 aromatic carbocycles. The lowest BCUT2D eigenvalue weighted by molar-refractivity contribution is 0.630. The first-order chi connectivity index (χ1) is 8.25. The Morgan fingerprint density at radius 1 is 1.12 bits per heavy atom. The van der Waals surface area contributed by atoms with Crippen LogP contribution in [0.15, 0.2) is 42.6 Å². The van der Waals surface area contributed by atoms with E-state index in [0.717, 1.165) is 0 Å². The standard InChI is InChI=1S/C12H9FN4/c13-10-7-8(14)4-5-9(10)12-16-15-11-3-1-2-6-17(11)12/h1-7H,14H2. The van der Waals surface area contributed by atoms with Crippen molar-refractivity contribution in [2.45, 2.75) is 0 Å². The number of rotatable bonds is 1. The van der Waals surface area contributed by atoms with Gasteiger partial charge in [0.15, 0.2) is 11.5 Å². The van der Waals surface area contributed by atoms with Crippen LogP contribution in [-0.2, 0) is 0 Å². The lowest BCUT2D eigenvalue weighted by Gasteiger charge is -2.02. The molecule has 0 aliphatic heterocycles. The summed E-state index contributed by atoms with van der Waals surface area (Å²) in [7, 11) is 0. The Bertz CT molecular complexity index is 690. The molecule has 17 heavy (non-hydrogen) atoms. The van der Waals surface area contributed by atoms with E-state index in [2.05, 4.69) is 10.2 Å². The predicted octanol–water partition coefficient (Wildman–Crippen LogP) is 2.12. The van der Waals surface area contributed by atoms with Crippen LogP contribution in [0.25, 0.3) is 17.0 Å². The van der Waals surface area contributed by atoms with Crippen LogP contribution < -0.4 is 5.73 Å². The van der Waals surface area contributed by atoms with Gasteiger partial charge in [-0.15, -0.1) is 10.2 Å². The van der Waals surface area contributed by atoms with E-state index >= 15 is 0 Å². The van der Waals surface area contributed by atoms with Gasteiger partial charge >= 0.3 is 0 Å². The Morgan fingerprint density at radius 3 is 2.82 bits per heavy atom. The average Bonchev–Trinajstić information content (AvgIpc) is 2.73. The van der Waals surface area contributed by atoms with E-state index in [9.17, 15) is 4.39 Å². The number of hydrogen-bond acceptors (Lipinski definition) is 3. The second-order valence-electron chi connectivity index (χ2n) is 3.69. The molecule has 3 aromatic rings. The largest absolute Gasteiger partial charge is 0.399 e. The number of pyridine rings is 1. The molecule has 0 atom stereocenters. The number of halogens is 1. The number of benzene rings is 1. The third-order valence-electron chi connectivity index (χ3n) is 2.55. The van der Waals surface area contributed by atoms with Crippen LogP contribution in [-0.4, -0.2) is 14.6 Å². The molecule has 3 rings (SSSR count). The molecule has 2 N–H and O–H groups in total. The molecule has 84 valence electrons. The highest BCUT2D eigenvalue weighted by Crippen LogP contribution is 2.23. The van der Waals surface area contributed by atoms with Gasteiger partial charge in [-0.3, -0.25) is 4.40 Å². The average molecular weight is 228 g/mol. The minimum atomic E-state index is -0.400. The number of anilines is 1. The summed E-state index contributed by atoms with van der Waals surface area (Å²) in [6.07, 6.45) is 1.79. The van der Waals surface area contributed by atoms with Crippen molar-refractivity contribution >= 4 is 11.3 Å². The number of nitrogens with zero attached hydrogens (tertiary/aromatic N) is 3. The molecule has 0 fully saturated rings. The van der Waals surface area contributed by atoms with Crippen molar-refractivity contribution in [3.05, 3.63) is 48.4 Å². The van der Waals surface area contributed by atoms with Crippen LogP contribution in [0.4, 0.5) is 10.1 Å². The predicted molar refractivity (Wildman–Crippen MR) is 62.8 cm³/mol. The fourth-order valence-corrected chi connectivity index (χ4v) is 1.74. The Kier molecular flexibility index (Phi) is 2.04. The maximum atomic E-state index is 13.8. The van der Waals surface area contributed by atoms with E-state index in [4.69, 9.17) is 5.73 Å². The van der Waals surface area contributed by atoms with Crippen molar-refractivity contribution in [2.75, 3.05) is 5.73 Å². The molecular formula is C12H9FN4. The maximum absolute atomic E-state index is 13.8. The van der Waals surface area contributed by atoms with E-state index in [1.165, 1.54) is 6.07 Å². The van der Waals surface area contributed by atoms with Gasteiger partial charge in [-0.25, -0.2) is 4.39 Å². The van der Waals surface area contributed by atoms with Crippen molar-refractivity contribution in [1.82, 2.24) is 14.6 Å². The molecular weight excluding hydrogens is 219 g/mol. The number of fused-ring (bicyclic) bond motifs is 1. The Balaban J connectivity index is 2.27. The van der Waals surface area contributed by atoms with E-state index in [1.807, 2.05) is 18.2 Å². The van der Waals surface area contributed by atoms with Gasteiger partial charge in [0, 0.05) is 11.9 Å². The Morgan fingerprint density at radius 2 is 2.00 bits per heavy atom. The van der Waals surface area contributed by atoms with Gasteiger partial charge < -0.3 is 5.73 Å². The second-order valence-corrected chi connectivity index (χ2v) is 3.69. The van der Waals surface area contributed by atoms with Gasteiger partial charge in [0.25, 0.3) is 0 Å². The molecule has 0 saturated heterocycles. The molecule has 0 aliphatic rings. The van der Waals surface area contributed by atoms with Gasteiger partial charge in [0.05, 0.1) is 5.56 Å². The first-order valence-corrected chi connectivity index (χ1v) is 5.11. The summed E-state index contributed by atoms with van der Waals surface area (Å²) in [4.78, 5) is 0. The summed E-state index contributed by atoms with van der Waals surface area (Å²) >= 11 is 0. The number of nitrogen functional groups attached to an aromatic ring is 1. The molecule has 2 aromatic heterocycles. The Hall–Kier alpha value is -2.43. The highest BCUT2D eigenvalue weighted by Gasteiger charge is 2.11. The van der Waals surface area contributed by atoms with Gasteiger partial charge in [-0.1, -0.05) is 6.07 Å². The number of hydrogen-bond donors (Lipinski definition) is 1. The van der Waals surface area contributed by atoms with Crippen LogP contribution in [0.1, 0.15) is 0 Å². The lowest BCUT2D eigenvalue weighted by atomic mass is 10.2. The van der Waals surface area contributed by atoms with Gasteiger partial charge in [0.1, 0.15) is 5.82 Å². The minimum Gasteiger partial charge on any atom is -0.399 e. The lowest BCUT2D eigenvalue weighted by Crippen LogP contribution is -1.93. The molecule has 4 nitrogen and oxygen atoms in total. The van der Waals surface area contributed by atoms with Gasteiger partial charge in [-0.2, -0.15) is 0 Å². The fourth-order valence-electron chi connectivity index (χ4n) is 1.74. The van der Waals surface area contributed by atoms with Crippen molar-refractivity contribution in [1.29, 1.82) is 0 Å². The summed E-state index contributed by atoms with van der Waals surface area (Å²) < 4.78 is 15.5. The summed E-state index contributed by atoms with van der Waals surface area (Å²) in [5.74, 6) is 0.0706. The molecule has 2 heterocycles. The third-order valence-corrected chi connectivity index (χ3v) is 2.55. The molecule has 0 saturated carbocycles. The van der Waals surface area contributed by atoms with Crippen LogP contribution in [0.2, 0.25) is 0 Å². The number of aromatic nitrogens is 3. The molecule has 0 unspecified atom stereocenters. The molecule has 0 radical (unpaired) electrons. The van der Waals surface area contributed by atoms with Crippen LogP contribution in [0, 0.1) is 5.82 Å². The summed E-state index contributed by atoms with van der Waals surface area (Å²) in [5.41, 5.74) is 6.97. The summed E-state index contributed by atoms with van der Waals surface area (Å²) in [6, 6.07) is 10.0. The fraction of sp³-hybridized carbons (Fsp3) is 0. The highest BCUT2D eigenvalue weighted by molar-refractivity contribution is 5.62. The Labute approximate surface area is 96.5 Å². The summed E-state index contributed by atoms with van der Waals surface area (Å²) in [6.45, 7) is 0. The smallest absolute Gasteiger partial charge is 0.171 e. The van der Waals surface area contributed by atoms with Gasteiger partial charge in [-0.05, 0) is 30.3 Å². The third kappa shape index (κ3) is 1.52. The van der Waals surface area contributed by atoms with Gasteiger partial charge in [0.2, 0.25) is 0 Å². The van der Waals surface area contributed by atoms with Crippen LogP contribution in [0.5, 0.6) is 0 Å². The molecule has 0 amide bonds. The van der Waals surface area contributed by atoms with E-state index in [1.54, 1.807) is 22.7 Å². The monoisotopic (exact) mass is 228 g/mol. The van der Waals surface area contributed by atoms with Crippen molar-refractivity contribution in [3.8, 4) is 11.4 Å². The first kappa shape index (κ1) is 9.77. The zero-order valence-electron chi connectivity index (χ0n) is 8.84. The SMILES string of the molecule is Nc1ccc(-c2nnc3ccccn23)c(F)c1. The topological polar surface area (TPSA) is 56.2 Å². The zero-order valence-corrected chi connectivity index (χ0v) is 8.84. The minimum absolute atomic E-state index is 0.387. The van der Waals surface area contributed by atoms with Crippen molar-refractivity contribution < 1.29 is 4.39 Å². The van der Waals surface area contributed by atoms with Crippen LogP contribution >= 0.6 is 0 Å². The second kappa shape index (κ2) is 3.55. The van der Waals surface area contributed by atoms with E-state index in [0.29, 0.717) is 22.7 Å². The molecule has 0 spiro atoms. The summed E-state index contributed by atoms with van der Waals surface area (Å²) in [5, 5.41) is 7.96. The van der Waals surface area contributed by atoms with Crippen LogP contribution in [0.3, 0.4) is 0 Å². The normalized spacial score (nSPS) is 10.9. The van der Waals surface area contributed by atoms with Crippen molar-refractivity contribution in [2.24, 2.45) is 0 Å². The molecule has 0 bridgehead atoms. The quantitative estimate of drug-likeness (QED) is 0.649. The molecule has 5 heteroatoms. The van der Waals surface area contributed by atoms with E-state index in [-0.39, 0.29) is 0 Å². The van der Waals surface area contributed by atoms with E-state index < -0.39 is 5.82 Å². The highest BCUT2D eigenvalue weighted by atomic mass is 19.1. The first-order valence-electron chi connectivity index (χ1n) is 5.11. The molecule has 0 aliphatic carbocycles. The van der Waals surface area contributed by atoms with Crippen molar-refractivity contribution in [3.63, 3.8) is 0 Å².